The highest BCUT2D eigenvalue weighted by molar-refractivity contribution is 5.09. The molecular weight excluding hydrogens is 188 g/mol. The summed E-state index contributed by atoms with van der Waals surface area (Å²) in [6, 6.07) is 5.12. The molecule has 2 nitrogen and oxygen atoms in total. The Morgan fingerprint density at radius 2 is 2.14 bits per heavy atom. The van der Waals surface area contributed by atoms with Crippen molar-refractivity contribution in [3.63, 3.8) is 0 Å². The Labute approximate surface area is 80.6 Å². The highest BCUT2D eigenvalue weighted by Crippen LogP contribution is 2.47. The largest absolute Gasteiger partial charge is 0.387 e. The van der Waals surface area contributed by atoms with Gasteiger partial charge in [0.05, 0.1) is 11.8 Å². The molecule has 2 rings (SSSR count). The average Bonchev–Trinajstić information content (AvgIpc) is 2.14. The van der Waals surface area contributed by atoms with Crippen molar-refractivity contribution in [3.05, 3.63) is 30.1 Å². The number of hydrogen-bond acceptors (Lipinski definition) is 2. The van der Waals surface area contributed by atoms with Crippen LogP contribution in [0.25, 0.3) is 0 Å². The maximum absolute atomic E-state index is 12.5. The number of pyridine rings is 1. The molecule has 1 N–H and O–H groups in total. The highest BCUT2D eigenvalue weighted by Gasteiger charge is 2.48. The monoisotopic (exact) mass is 199 g/mol. The molecule has 1 aliphatic carbocycles. The first-order valence-electron chi connectivity index (χ1n) is 4.55. The molecule has 0 radical (unpaired) electrons. The van der Waals surface area contributed by atoms with Gasteiger partial charge < -0.3 is 5.11 Å². The fraction of sp³-hybridized carbons (Fsp3) is 0.500. The SMILES string of the molecule is OC(c1ccccn1)C1CC(F)(F)C1. The number of aliphatic hydroxyl groups excluding tert-OH is 1. The molecule has 0 bridgehead atoms. The smallest absolute Gasteiger partial charge is 0.248 e. The summed E-state index contributed by atoms with van der Waals surface area (Å²) in [4.78, 5) is 3.93. The van der Waals surface area contributed by atoms with E-state index in [0.717, 1.165) is 0 Å². The van der Waals surface area contributed by atoms with E-state index in [9.17, 15) is 13.9 Å². The van der Waals surface area contributed by atoms with Gasteiger partial charge >= 0.3 is 0 Å². The van der Waals surface area contributed by atoms with Gasteiger partial charge in [-0.2, -0.15) is 0 Å². The minimum Gasteiger partial charge on any atom is -0.387 e. The summed E-state index contributed by atoms with van der Waals surface area (Å²) in [5, 5.41) is 9.68. The van der Waals surface area contributed by atoms with E-state index in [4.69, 9.17) is 0 Å². The second-order valence-corrected chi connectivity index (χ2v) is 3.72. The maximum Gasteiger partial charge on any atom is 0.248 e. The summed E-state index contributed by atoms with van der Waals surface area (Å²) >= 11 is 0. The molecule has 0 aromatic carbocycles. The van der Waals surface area contributed by atoms with Crippen LogP contribution < -0.4 is 0 Å². The lowest BCUT2D eigenvalue weighted by molar-refractivity contribution is -0.143. The zero-order valence-corrected chi connectivity index (χ0v) is 7.53. The Bertz CT molecular complexity index is 307. The van der Waals surface area contributed by atoms with Gasteiger partial charge in [-0.25, -0.2) is 8.78 Å². The van der Waals surface area contributed by atoms with E-state index >= 15 is 0 Å². The molecule has 0 aliphatic heterocycles. The second-order valence-electron chi connectivity index (χ2n) is 3.72. The van der Waals surface area contributed by atoms with Crippen LogP contribution in [0.1, 0.15) is 24.6 Å². The Balaban J connectivity index is 2.01. The molecule has 1 fully saturated rings. The summed E-state index contributed by atoms with van der Waals surface area (Å²) < 4.78 is 25.1. The van der Waals surface area contributed by atoms with Gasteiger partial charge in [0.25, 0.3) is 0 Å². The maximum atomic E-state index is 12.5. The first kappa shape index (κ1) is 9.52. The Morgan fingerprint density at radius 3 is 2.64 bits per heavy atom. The Morgan fingerprint density at radius 1 is 1.43 bits per heavy atom. The van der Waals surface area contributed by atoms with Crippen LogP contribution in [0.4, 0.5) is 8.78 Å². The normalized spacial score (nSPS) is 22.8. The van der Waals surface area contributed by atoms with Crippen molar-refractivity contribution < 1.29 is 13.9 Å². The van der Waals surface area contributed by atoms with Gasteiger partial charge in [0.15, 0.2) is 0 Å². The molecule has 1 unspecified atom stereocenters. The quantitative estimate of drug-likeness (QED) is 0.791. The molecule has 1 aromatic rings. The number of aromatic nitrogens is 1. The van der Waals surface area contributed by atoms with E-state index in [1.165, 1.54) is 0 Å². The van der Waals surface area contributed by atoms with E-state index < -0.39 is 12.0 Å². The van der Waals surface area contributed by atoms with Crippen molar-refractivity contribution in [2.24, 2.45) is 5.92 Å². The number of aliphatic hydroxyl groups is 1. The van der Waals surface area contributed by atoms with Gasteiger partial charge in [-0.3, -0.25) is 4.98 Å². The molecule has 1 heterocycles. The van der Waals surface area contributed by atoms with Crippen LogP contribution in [0.15, 0.2) is 24.4 Å². The first-order chi connectivity index (χ1) is 6.58. The lowest BCUT2D eigenvalue weighted by Gasteiger charge is -2.37. The third-order valence-corrected chi connectivity index (χ3v) is 2.56. The van der Waals surface area contributed by atoms with Crippen LogP contribution in [0, 0.1) is 5.92 Å². The van der Waals surface area contributed by atoms with Crippen molar-refractivity contribution in [2.45, 2.75) is 24.9 Å². The predicted molar refractivity (Wildman–Crippen MR) is 46.9 cm³/mol. The number of halogens is 2. The molecule has 14 heavy (non-hydrogen) atoms. The van der Waals surface area contributed by atoms with Crippen LogP contribution in [0.2, 0.25) is 0 Å². The molecule has 1 aliphatic rings. The van der Waals surface area contributed by atoms with E-state index in [1.54, 1.807) is 24.4 Å². The van der Waals surface area contributed by atoms with Gasteiger partial charge in [0, 0.05) is 25.0 Å². The average molecular weight is 199 g/mol. The standard InChI is InChI=1S/C10H11F2NO/c11-10(12)5-7(6-10)9(14)8-3-1-2-4-13-8/h1-4,7,9,14H,5-6H2. The van der Waals surface area contributed by atoms with Gasteiger partial charge in [0.1, 0.15) is 0 Å². The van der Waals surface area contributed by atoms with Gasteiger partial charge in [-0.1, -0.05) is 6.07 Å². The number of alkyl halides is 2. The van der Waals surface area contributed by atoms with Crippen molar-refractivity contribution in [1.29, 1.82) is 0 Å². The molecule has 1 aromatic heterocycles. The van der Waals surface area contributed by atoms with Crippen LogP contribution in [0.3, 0.4) is 0 Å². The third-order valence-electron chi connectivity index (χ3n) is 2.56. The molecule has 1 atom stereocenters. The highest BCUT2D eigenvalue weighted by atomic mass is 19.3. The summed E-state index contributed by atoms with van der Waals surface area (Å²) in [5.41, 5.74) is 0.480. The topological polar surface area (TPSA) is 33.1 Å². The van der Waals surface area contributed by atoms with Crippen molar-refractivity contribution >= 4 is 0 Å². The van der Waals surface area contributed by atoms with Gasteiger partial charge in [-0.15, -0.1) is 0 Å². The lowest BCUT2D eigenvalue weighted by atomic mass is 9.76. The van der Waals surface area contributed by atoms with Crippen LogP contribution in [0.5, 0.6) is 0 Å². The molecule has 1 saturated carbocycles. The first-order valence-corrected chi connectivity index (χ1v) is 4.55. The molecule has 0 saturated heterocycles. The summed E-state index contributed by atoms with van der Waals surface area (Å²) in [7, 11) is 0. The molecule has 0 spiro atoms. The summed E-state index contributed by atoms with van der Waals surface area (Å²) in [6.45, 7) is 0. The van der Waals surface area contributed by atoms with Crippen molar-refractivity contribution in [3.8, 4) is 0 Å². The third kappa shape index (κ3) is 1.75. The summed E-state index contributed by atoms with van der Waals surface area (Å²) in [6.07, 6.45) is 0.237. The zero-order chi connectivity index (χ0) is 10.2. The molecule has 76 valence electrons. The predicted octanol–water partition coefficient (Wildman–Crippen LogP) is 2.16. The second kappa shape index (κ2) is 3.28. The molecule has 0 amide bonds. The van der Waals surface area contributed by atoms with Crippen LogP contribution >= 0.6 is 0 Å². The van der Waals surface area contributed by atoms with Gasteiger partial charge in [0.2, 0.25) is 5.92 Å². The fourth-order valence-corrected chi connectivity index (χ4v) is 1.72. The fourth-order valence-electron chi connectivity index (χ4n) is 1.72. The van der Waals surface area contributed by atoms with Crippen molar-refractivity contribution in [2.75, 3.05) is 0 Å². The lowest BCUT2D eigenvalue weighted by Crippen LogP contribution is -2.38. The molecule has 4 heteroatoms. The van der Waals surface area contributed by atoms with E-state index in [1.807, 2.05) is 0 Å². The van der Waals surface area contributed by atoms with Crippen LogP contribution in [-0.2, 0) is 0 Å². The number of nitrogens with zero attached hydrogens (tertiary/aromatic N) is 1. The Hall–Kier alpha value is -1.03. The Kier molecular flexibility index (Phi) is 2.23. The zero-order valence-electron chi connectivity index (χ0n) is 7.53. The number of hydrogen-bond donors (Lipinski definition) is 1. The van der Waals surface area contributed by atoms with E-state index in [-0.39, 0.29) is 18.8 Å². The minimum atomic E-state index is -2.58. The number of rotatable bonds is 2. The molecular formula is C10H11F2NO. The van der Waals surface area contributed by atoms with Crippen LogP contribution in [-0.4, -0.2) is 16.0 Å². The van der Waals surface area contributed by atoms with Crippen molar-refractivity contribution in [1.82, 2.24) is 4.98 Å². The summed E-state index contributed by atoms with van der Waals surface area (Å²) in [5.74, 6) is -2.93. The van der Waals surface area contributed by atoms with E-state index in [0.29, 0.717) is 5.69 Å². The van der Waals surface area contributed by atoms with E-state index in [2.05, 4.69) is 4.98 Å². The minimum absolute atomic E-state index is 0.231. The van der Waals surface area contributed by atoms with Gasteiger partial charge in [-0.05, 0) is 12.1 Å².